The summed E-state index contributed by atoms with van der Waals surface area (Å²) < 4.78 is 5.56. The Labute approximate surface area is 104 Å². The number of ether oxygens (including phenoxy) is 1. The van der Waals surface area contributed by atoms with Gasteiger partial charge in [-0.3, -0.25) is 4.79 Å². The standard InChI is InChI=1S/C15H24O2/c16-15(11-10-14-9-6-12-17-14)13-7-4-2-1-3-5-8-13/h7,14H,1-6,8-12H2. The molecule has 1 saturated heterocycles. The third-order valence-electron chi connectivity index (χ3n) is 3.87. The molecule has 1 aliphatic carbocycles. The van der Waals surface area contributed by atoms with Crippen molar-refractivity contribution in [3.05, 3.63) is 11.6 Å². The Morgan fingerprint density at radius 2 is 2.12 bits per heavy atom. The van der Waals surface area contributed by atoms with Crippen molar-refractivity contribution >= 4 is 5.78 Å². The highest BCUT2D eigenvalue weighted by Gasteiger charge is 2.18. The zero-order valence-electron chi connectivity index (χ0n) is 10.7. The van der Waals surface area contributed by atoms with Crippen molar-refractivity contribution in [1.29, 1.82) is 0 Å². The van der Waals surface area contributed by atoms with Gasteiger partial charge < -0.3 is 4.74 Å². The SMILES string of the molecule is O=C(CCC1CCCO1)C1=CCCCCCC1. The molecule has 1 heterocycles. The minimum atomic E-state index is 0.355. The average Bonchev–Trinajstić information content (AvgIpc) is 2.78. The Morgan fingerprint density at radius 3 is 2.94 bits per heavy atom. The number of allylic oxidation sites excluding steroid dienone is 2. The molecule has 96 valence electrons. The number of hydrogen-bond acceptors (Lipinski definition) is 2. The maximum absolute atomic E-state index is 12.1. The van der Waals surface area contributed by atoms with Gasteiger partial charge in [-0.1, -0.05) is 18.9 Å². The van der Waals surface area contributed by atoms with E-state index in [1.165, 1.54) is 32.1 Å². The van der Waals surface area contributed by atoms with E-state index < -0.39 is 0 Å². The third-order valence-corrected chi connectivity index (χ3v) is 3.87. The van der Waals surface area contributed by atoms with Crippen molar-refractivity contribution in [1.82, 2.24) is 0 Å². The highest BCUT2D eigenvalue weighted by atomic mass is 16.5. The number of hydrogen-bond donors (Lipinski definition) is 0. The molecule has 1 aliphatic heterocycles. The molecule has 2 aliphatic rings. The average molecular weight is 236 g/mol. The summed E-state index contributed by atoms with van der Waals surface area (Å²) in [6, 6.07) is 0. The summed E-state index contributed by atoms with van der Waals surface area (Å²) in [4.78, 5) is 12.1. The fraction of sp³-hybridized carbons (Fsp3) is 0.800. The minimum Gasteiger partial charge on any atom is -0.378 e. The number of Topliss-reactive ketones (excluding diaryl/α,β-unsaturated/α-hetero) is 1. The van der Waals surface area contributed by atoms with E-state index >= 15 is 0 Å². The van der Waals surface area contributed by atoms with Gasteiger partial charge in [0, 0.05) is 13.0 Å². The lowest BCUT2D eigenvalue weighted by Gasteiger charge is -2.12. The molecule has 0 radical (unpaired) electrons. The van der Waals surface area contributed by atoms with E-state index in [0.29, 0.717) is 18.3 Å². The van der Waals surface area contributed by atoms with Gasteiger partial charge in [-0.25, -0.2) is 0 Å². The molecule has 0 aromatic rings. The lowest BCUT2D eigenvalue weighted by atomic mass is 9.94. The first kappa shape index (κ1) is 12.8. The number of carbonyl (C=O) groups excluding carboxylic acids is 1. The zero-order valence-corrected chi connectivity index (χ0v) is 10.7. The van der Waals surface area contributed by atoms with Crippen LogP contribution in [0.1, 0.15) is 64.2 Å². The van der Waals surface area contributed by atoms with E-state index in [2.05, 4.69) is 6.08 Å². The van der Waals surface area contributed by atoms with E-state index in [9.17, 15) is 4.79 Å². The van der Waals surface area contributed by atoms with Crippen LogP contribution in [0.25, 0.3) is 0 Å². The summed E-state index contributed by atoms with van der Waals surface area (Å²) in [5, 5.41) is 0. The van der Waals surface area contributed by atoms with Crippen LogP contribution in [-0.4, -0.2) is 18.5 Å². The molecule has 2 nitrogen and oxygen atoms in total. The highest BCUT2D eigenvalue weighted by Crippen LogP contribution is 2.22. The van der Waals surface area contributed by atoms with Crippen molar-refractivity contribution < 1.29 is 9.53 Å². The number of rotatable bonds is 4. The van der Waals surface area contributed by atoms with Crippen LogP contribution in [0, 0.1) is 0 Å². The van der Waals surface area contributed by atoms with Crippen molar-refractivity contribution in [2.24, 2.45) is 0 Å². The first-order valence-electron chi connectivity index (χ1n) is 7.20. The first-order valence-corrected chi connectivity index (χ1v) is 7.20. The van der Waals surface area contributed by atoms with Gasteiger partial charge in [0.25, 0.3) is 0 Å². The maximum Gasteiger partial charge on any atom is 0.158 e. The monoisotopic (exact) mass is 236 g/mol. The van der Waals surface area contributed by atoms with Gasteiger partial charge in [-0.2, -0.15) is 0 Å². The molecular weight excluding hydrogens is 212 g/mol. The summed E-state index contributed by atoms with van der Waals surface area (Å²) in [6.45, 7) is 0.890. The fourth-order valence-corrected chi connectivity index (χ4v) is 2.77. The van der Waals surface area contributed by atoms with Crippen LogP contribution in [0.3, 0.4) is 0 Å². The largest absolute Gasteiger partial charge is 0.378 e. The lowest BCUT2D eigenvalue weighted by molar-refractivity contribution is -0.116. The molecule has 0 spiro atoms. The highest BCUT2D eigenvalue weighted by molar-refractivity contribution is 5.95. The van der Waals surface area contributed by atoms with Crippen molar-refractivity contribution in [2.45, 2.75) is 70.3 Å². The number of ketones is 1. The van der Waals surface area contributed by atoms with Crippen molar-refractivity contribution in [2.75, 3.05) is 6.61 Å². The second-order valence-corrected chi connectivity index (χ2v) is 5.28. The van der Waals surface area contributed by atoms with Crippen LogP contribution in [0.15, 0.2) is 11.6 Å². The molecule has 0 aromatic carbocycles. The zero-order chi connectivity index (χ0) is 11.9. The normalized spacial score (nSPS) is 26.1. The Bertz CT molecular complexity index is 275. The van der Waals surface area contributed by atoms with Gasteiger partial charge in [-0.05, 0) is 50.5 Å². The Kier molecular flexibility index (Phi) is 5.24. The quantitative estimate of drug-likeness (QED) is 0.742. The second kappa shape index (κ2) is 6.95. The van der Waals surface area contributed by atoms with E-state index in [-0.39, 0.29) is 0 Å². The van der Waals surface area contributed by atoms with Crippen LogP contribution < -0.4 is 0 Å². The van der Waals surface area contributed by atoms with Crippen LogP contribution in [-0.2, 0) is 9.53 Å². The molecule has 0 N–H and O–H groups in total. The maximum atomic E-state index is 12.1. The van der Waals surface area contributed by atoms with Crippen LogP contribution in [0.2, 0.25) is 0 Å². The van der Waals surface area contributed by atoms with E-state index in [4.69, 9.17) is 4.74 Å². The van der Waals surface area contributed by atoms with E-state index in [1.807, 2.05) is 0 Å². The Balaban J connectivity index is 1.76. The van der Waals surface area contributed by atoms with Gasteiger partial charge in [-0.15, -0.1) is 0 Å². The molecule has 2 rings (SSSR count). The molecule has 17 heavy (non-hydrogen) atoms. The van der Waals surface area contributed by atoms with Crippen LogP contribution in [0.4, 0.5) is 0 Å². The molecule has 0 bridgehead atoms. The van der Waals surface area contributed by atoms with Gasteiger partial charge >= 0.3 is 0 Å². The molecular formula is C15H24O2. The fourth-order valence-electron chi connectivity index (χ4n) is 2.77. The summed E-state index contributed by atoms with van der Waals surface area (Å²) in [7, 11) is 0. The predicted octanol–water partition coefficient (Wildman–Crippen LogP) is 3.80. The third kappa shape index (κ3) is 4.27. The van der Waals surface area contributed by atoms with Gasteiger partial charge in [0.1, 0.15) is 0 Å². The first-order chi connectivity index (χ1) is 8.36. The molecule has 0 saturated carbocycles. The van der Waals surface area contributed by atoms with Gasteiger partial charge in [0.05, 0.1) is 6.10 Å². The molecule has 0 aromatic heterocycles. The summed E-state index contributed by atoms with van der Waals surface area (Å²) in [5.74, 6) is 0.377. The molecule has 1 unspecified atom stereocenters. The Morgan fingerprint density at radius 1 is 1.24 bits per heavy atom. The van der Waals surface area contributed by atoms with Crippen molar-refractivity contribution in [3.8, 4) is 0 Å². The summed E-state index contributed by atoms with van der Waals surface area (Å²) in [5.41, 5.74) is 1.10. The van der Waals surface area contributed by atoms with E-state index in [0.717, 1.165) is 37.9 Å². The van der Waals surface area contributed by atoms with Gasteiger partial charge in [0.2, 0.25) is 0 Å². The van der Waals surface area contributed by atoms with Crippen molar-refractivity contribution in [3.63, 3.8) is 0 Å². The minimum absolute atomic E-state index is 0.355. The second-order valence-electron chi connectivity index (χ2n) is 5.28. The number of carbonyl (C=O) groups is 1. The molecule has 1 fully saturated rings. The molecule has 1 atom stereocenters. The predicted molar refractivity (Wildman–Crippen MR) is 69.0 cm³/mol. The topological polar surface area (TPSA) is 26.3 Å². The van der Waals surface area contributed by atoms with E-state index in [1.54, 1.807) is 0 Å². The lowest BCUT2D eigenvalue weighted by Crippen LogP contribution is -2.10. The van der Waals surface area contributed by atoms with Crippen LogP contribution in [0.5, 0.6) is 0 Å². The molecule has 2 heteroatoms. The Hall–Kier alpha value is -0.630. The van der Waals surface area contributed by atoms with Crippen LogP contribution >= 0.6 is 0 Å². The summed E-state index contributed by atoms with van der Waals surface area (Å²) in [6.07, 6.45) is 13.6. The summed E-state index contributed by atoms with van der Waals surface area (Å²) >= 11 is 0. The molecule has 0 amide bonds. The van der Waals surface area contributed by atoms with Gasteiger partial charge in [0.15, 0.2) is 5.78 Å². The smallest absolute Gasteiger partial charge is 0.158 e.